The van der Waals surface area contributed by atoms with Crippen LogP contribution in [0.2, 0.25) is 0 Å². The molecule has 4 saturated carbocycles. The standard InChI is InChI=1S/C27H32F2N4O2/c1-26(2,19-4-3-17(28)11-21(19)29)24(34)32-14-22(30)23-16-9-15-10-20(23)27(12-15,13-16)25(35)33-18-5-7-31-8-6-18/h3-8,11,15-16,20,22-23H,9-10,12-14,30H2,1-2H3,(H,32,34)(H,31,33,35). The number of carbonyl (C=O) groups excluding carboxylic acids is 2. The van der Waals surface area contributed by atoms with Crippen LogP contribution in [0.4, 0.5) is 14.5 Å². The van der Waals surface area contributed by atoms with Crippen LogP contribution in [0.1, 0.15) is 45.1 Å². The first-order chi connectivity index (χ1) is 16.6. The number of halogens is 2. The largest absolute Gasteiger partial charge is 0.354 e. The maximum Gasteiger partial charge on any atom is 0.230 e. The lowest BCUT2D eigenvalue weighted by Gasteiger charge is -2.36. The Bertz CT molecular complexity index is 1140. The van der Waals surface area contributed by atoms with Crippen molar-refractivity contribution in [3.05, 3.63) is 59.9 Å². The molecule has 2 amide bonds. The first kappa shape index (κ1) is 23.9. The second kappa shape index (κ2) is 8.66. The number of hydrogen-bond donors (Lipinski definition) is 3. The molecule has 6 atom stereocenters. The van der Waals surface area contributed by atoms with Crippen molar-refractivity contribution in [1.82, 2.24) is 10.3 Å². The van der Waals surface area contributed by atoms with E-state index < -0.39 is 22.5 Å². The molecule has 4 aliphatic carbocycles. The van der Waals surface area contributed by atoms with Gasteiger partial charge in [-0.25, -0.2) is 8.78 Å². The van der Waals surface area contributed by atoms with Gasteiger partial charge in [-0.2, -0.15) is 0 Å². The van der Waals surface area contributed by atoms with Gasteiger partial charge in [-0.1, -0.05) is 6.07 Å². The molecule has 0 saturated heterocycles. The fraction of sp³-hybridized carbons (Fsp3) is 0.519. The normalized spacial score (nSPS) is 29.7. The van der Waals surface area contributed by atoms with E-state index in [0.29, 0.717) is 11.8 Å². The average Bonchev–Trinajstić information content (AvgIpc) is 3.20. The maximum absolute atomic E-state index is 14.3. The molecule has 4 bridgehead atoms. The molecule has 4 N–H and O–H groups in total. The number of amides is 2. The average molecular weight is 483 g/mol. The number of aromatic nitrogens is 1. The van der Waals surface area contributed by atoms with Gasteiger partial charge in [-0.05, 0) is 81.4 Å². The fourth-order valence-electron chi connectivity index (χ4n) is 7.25. The number of nitrogens with two attached hydrogens (primary N) is 1. The fourth-order valence-corrected chi connectivity index (χ4v) is 7.25. The summed E-state index contributed by atoms with van der Waals surface area (Å²) in [5.74, 6) is -0.515. The van der Waals surface area contributed by atoms with Gasteiger partial charge < -0.3 is 16.4 Å². The second-order valence-electron chi connectivity index (χ2n) is 11.2. The van der Waals surface area contributed by atoms with Crippen molar-refractivity contribution < 1.29 is 18.4 Å². The second-order valence-corrected chi connectivity index (χ2v) is 11.2. The lowest BCUT2D eigenvalue weighted by molar-refractivity contribution is -0.128. The van der Waals surface area contributed by atoms with Crippen LogP contribution in [0.5, 0.6) is 0 Å². The Morgan fingerprint density at radius 1 is 1.17 bits per heavy atom. The Balaban J connectivity index is 1.27. The maximum atomic E-state index is 14.3. The van der Waals surface area contributed by atoms with E-state index in [-0.39, 0.29) is 41.8 Å². The Morgan fingerprint density at radius 2 is 1.91 bits per heavy atom. The van der Waals surface area contributed by atoms with Crippen LogP contribution in [-0.2, 0) is 15.0 Å². The van der Waals surface area contributed by atoms with E-state index in [9.17, 15) is 18.4 Å². The zero-order chi connectivity index (χ0) is 25.0. The molecule has 8 heteroatoms. The summed E-state index contributed by atoms with van der Waals surface area (Å²) in [6.07, 6.45) is 7.08. The van der Waals surface area contributed by atoms with Crippen molar-refractivity contribution in [1.29, 1.82) is 0 Å². The summed E-state index contributed by atoms with van der Waals surface area (Å²) in [6, 6.07) is 6.53. The minimum atomic E-state index is -1.18. The van der Waals surface area contributed by atoms with E-state index in [4.69, 9.17) is 5.73 Å². The molecule has 6 unspecified atom stereocenters. The van der Waals surface area contributed by atoms with Crippen LogP contribution in [0.3, 0.4) is 0 Å². The van der Waals surface area contributed by atoms with Crippen molar-refractivity contribution >= 4 is 17.5 Å². The molecule has 1 aromatic carbocycles. The van der Waals surface area contributed by atoms with Gasteiger partial charge in [0, 0.05) is 42.3 Å². The van der Waals surface area contributed by atoms with Crippen LogP contribution in [-0.4, -0.2) is 29.4 Å². The Morgan fingerprint density at radius 3 is 2.63 bits per heavy atom. The van der Waals surface area contributed by atoms with Crippen LogP contribution < -0.4 is 16.4 Å². The summed E-state index contributed by atoms with van der Waals surface area (Å²) in [5.41, 5.74) is 5.94. The third-order valence-corrected chi connectivity index (χ3v) is 8.78. The third-order valence-electron chi connectivity index (χ3n) is 8.78. The highest BCUT2D eigenvalue weighted by Crippen LogP contribution is 2.68. The number of nitrogens with one attached hydrogen (secondary N) is 2. The highest BCUT2D eigenvalue weighted by molar-refractivity contribution is 5.96. The van der Waals surface area contributed by atoms with Crippen LogP contribution in [0, 0.1) is 40.7 Å². The topological polar surface area (TPSA) is 97.1 Å². The summed E-state index contributed by atoms with van der Waals surface area (Å²) in [7, 11) is 0. The smallest absolute Gasteiger partial charge is 0.230 e. The monoisotopic (exact) mass is 482 g/mol. The molecule has 1 aromatic heterocycles. The van der Waals surface area contributed by atoms with Gasteiger partial charge in [0.2, 0.25) is 11.8 Å². The Labute approximate surface area is 204 Å². The van der Waals surface area contributed by atoms with Crippen molar-refractivity contribution in [3.8, 4) is 0 Å². The van der Waals surface area contributed by atoms with E-state index in [1.54, 1.807) is 38.4 Å². The van der Waals surface area contributed by atoms with Gasteiger partial charge in [0.1, 0.15) is 11.6 Å². The molecule has 186 valence electrons. The predicted octanol–water partition coefficient (Wildman–Crippen LogP) is 3.77. The number of carbonyl (C=O) groups is 2. The summed E-state index contributed by atoms with van der Waals surface area (Å²) < 4.78 is 27.7. The van der Waals surface area contributed by atoms with Gasteiger partial charge in [0.15, 0.2) is 0 Å². The minimum absolute atomic E-state index is 0.0625. The predicted molar refractivity (Wildman–Crippen MR) is 128 cm³/mol. The van der Waals surface area contributed by atoms with Crippen LogP contribution in [0.15, 0.2) is 42.7 Å². The van der Waals surface area contributed by atoms with Gasteiger partial charge >= 0.3 is 0 Å². The number of rotatable bonds is 7. The van der Waals surface area contributed by atoms with Gasteiger partial charge in [-0.3, -0.25) is 14.6 Å². The zero-order valence-corrected chi connectivity index (χ0v) is 20.1. The third kappa shape index (κ3) is 4.01. The Hall–Kier alpha value is -2.87. The number of anilines is 1. The van der Waals surface area contributed by atoms with Crippen molar-refractivity contribution in [3.63, 3.8) is 0 Å². The number of hydrogen-bond acceptors (Lipinski definition) is 4. The molecular formula is C27H32F2N4O2. The molecule has 1 heterocycles. The number of benzene rings is 1. The van der Waals surface area contributed by atoms with Gasteiger partial charge in [0.25, 0.3) is 0 Å². The van der Waals surface area contributed by atoms with Gasteiger partial charge in [-0.15, -0.1) is 0 Å². The first-order valence-electron chi connectivity index (χ1n) is 12.3. The van der Waals surface area contributed by atoms with E-state index in [2.05, 4.69) is 15.6 Å². The molecule has 0 aliphatic heterocycles. The summed E-state index contributed by atoms with van der Waals surface area (Å²) >= 11 is 0. The van der Waals surface area contributed by atoms with E-state index >= 15 is 0 Å². The minimum Gasteiger partial charge on any atom is -0.354 e. The number of nitrogens with zero attached hydrogens (tertiary/aromatic N) is 1. The summed E-state index contributed by atoms with van der Waals surface area (Å²) in [6.45, 7) is 3.47. The molecule has 6 rings (SSSR count). The van der Waals surface area contributed by atoms with E-state index in [1.807, 2.05) is 0 Å². The highest BCUT2D eigenvalue weighted by atomic mass is 19.1. The van der Waals surface area contributed by atoms with Gasteiger partial charge in [0.05, 0.1) is 10.8 Å². The Kier molecular flexibility index (Phi) is 5.90. The molecule has 2 aromatic rings. The van der Waals surface area contributed by atoms with Crippen LogP contribution >= 0.6 is 0 Å². The van der Waals surface area contributed by atoms with Crippen LogP contribution in [0.25, 0.3) is 0 Å². The summed E-state index contributed by atoms with van der Waals surface area (Å²) in [5, 5.41) is 6.00. The van der Waals surface area contributed by atoms with E-state index in [0.717, 1.165) is 43.5 Å². The highest BCUT2D eigenvalue weighted by Gasteiger charge is 2.66. The molecule has 0 spiro atoms. The first-order valence-corrected chi connectivity index (χ1v) is 12.3. The SMILES string of the molecule is CC(C)(C(=O)NCC(N)C1C2CC3CC1C(C(=O)Nc1ccncc1)(C3)C2)c1ccc(F)cc1F. The van der Waals surface area contributed by atoms with Crippen molar-refractivity contribution in [2.24, 2.45) is 34.8 Å². The van der Waals surface area contributed by atoms with Crippen molar-refractivity contribution in [2.45, 2.75) is 51.0 Å². The quantitative estimate of drug-likeness (QED) is 0.560. The number of pyridine rings is 1. The van der Waals surface area contributed by atoms with Crippen molar-refractivity contribution in [2.75, 3.05) is 11.9 Å². The molecule has 4 fully saturated rings. The van der Waals surface area contributed by atoms with E-state index in [1.165, 1.54) is 6.07 Å². The zero-order valence-electron chi connectivity index (χ0n) is 20.1. The molecule has 6 nitrogen and oxygen atoms in total. The lowest BCUT2D eigenvalue weighted by atomic mass is 9.72. The molecular weight excluding hydrogens is 450 g/mol. The molecule has 35 heavy (non-hydrogen) atoms. The lowest BCUT2D eigenvalue weighted by Crippen LogP contribution is -2.50. The summed E-state index contributed by atoms with van der Waals surface area (Å²) in [4.78, 5) is 30.5. The molecule has 0 radical (unpaired) electrons. The molecule has 4 aliphatic rings.